The summed E-state index contributed by atoms with van der Waals surface area (Å²) in [6.45, 7) is 7.29. The number of hydrogen-bond donors (Lipinski definition) is 1. The lowest BCUT2D eigenvalue weighted by molar-refractivity contribution is -0.0494. The van der Waals surface area contributed by atoms with Gasteiger partial charge in [0.15, 0.2) is 0 Å². The van der Waals surface area contributed by atoms with Crippen LogP contribution >= 0.6 is 11.6 Å². The first-order valence-electron chi connectivity index (χ1n) is 8.14. The molecule has 1 N–H and O–H groups in total. The van der Waals surface area contributed by atoms with Gasteiger partial charge in [-0.3, -0.25) is 4.68 Å². The number of rotatable bonds is 6. The van der Waals surface area contributed by atoms with Gasteiger partial charge in [0.2, 0.25) is 0 Å². The van der Waals surface area contributed by atoms with Gasteiger partial charge in [0, 0.05) is 24.3 Å². The molecule has 138 valence electrons. The van der Waals surface area contributed by atoms with Gasteiger partial charge < -0.3 is 10.1 Å². The Morgan fingerprint density at radius 2 is 2.00 bits per heavy atom. The van der Waals surface area contributed by atoms with Gasteiger partial charge in [0.05, 0.1) is 22.0 Å². The third-order valence-corrected chi connectivity index (χ3v) is 3.83. The van der Waals surface area contributed by atoms with Crippen molar-refractivity contribution in [2.75, 3.05) is 5.32 Å². The predicted octanol–water partition coefficient (Wildman–Crippen LogP) is 4.99. The summed E-state index contributed by atoms with van der Waals surface area (Å²) >= 11 is 6.43. The van der Waals surface area contributed by atoms with Crippen LogP contribution in [0.5, 0.6) is 5.75 Å². The molecule has 2 rings (SSSR count). The zero-order valence-corrected chi connectivity index (χ0v) is 15.8. The summed E-state index contributed by atoms with van der Waals surface area (Å²) in [4.78, 5) is 4.32. The zero-order valence-electron chi connectivity index (χ0n) is 15.0. The van der Waals surface area contributed by atoms with Crippen molar-refractivity contribution >= 4 is 17.4 Å². The Labute approximate surface area is 151 Å². The third-order valence-electron chi connectivity index (χ3n) is 3.44. The van der Waals surface area contributed by atoms with E-state index < -0.39 is 6.61 Å². The molecule has 2 heterocycles. The Morgan fingerprint density at radius 1 is 1.32 bits per heavy atom. The highest BCUT2D eigenvalue weighted by molar-refractivity contribution is 6.33. The quantitative estimate of drug-likeness (QED) is 0.775. The Hall–Kier alpha value is -1.89. The average Bonchev–Trinajstić information content (AvgIpc) is 2.81. The van der Waals surface area contributed by atoms with E-state index in [-0.39, 0.29) is 11.3 Å². The molecule has 0 aliphatic carbocycles. The monoisotopic (exact) mass is 372 g/mol. The number of ether oxygens (including phenoxy) is 1. The molecule has 0 amide bonds. The first-order valence-corrected chi connectivity index (χ1v) is 8.52. The number of nitrogens with one attached hydrogen (secondary N) is 1. The van der Waals surface area contributed by atoms with Crippen molar-refractivity contribution in [2.24, 2.45) is 0 Å². The van der Waals surface area contributed by atoms with Crippen LogP contribution in [0.15, 0.2) is 12.3 Å². The summed E-state index contributed by atoms with van der Waals surface area (Å²) in [7, 11) is 0. The smallest absolute Gasteiger partial charge is 0.387 e. The summed E-state index contributed by atoms with van der Waals surface area (Å²) in [6.07, 6.45) is 2.13. The number of aromatic nitrogens is 3. The standard InChI is InChI=1S/C17H23ClF2N4O/c1-6-11-14(18)15(24(7-2)23-11)10-9-21-13(22-17(3,4)5)8-12(10)25-16(19)20/h8-9,16H,6-7H2,1-5H3,(H,21,22). The van der Waals surface area contributed by atoms with E-state index in [0.717, 1.165) is 0 Å². The maximum Gasteiger partial charge on any atom is 0.387 e. The molecule has 5 nitrogen and oxygen atoms in total. The molecule has 2 aromatic heterocycles. The van der Waals surface area contributed by atoms with E-state index in [1.165, 1.54) is 12.3 Å². The number of aryl methyl sites for hydroxylation is 2. The fourth-order valence-electron chi connectivity index (χ4n) is 2.46. The minimum Gasteiger partial charge on any atom is -0.434 e. The average molecular weight is 373 g/mol. The SMILES string of the molecule is CCc1nn(CC)c(-c2cnc(NC(C)(C)C)cc2OC(F)F)c1Cl. The molecule has 0 atom stereocenters. The van der Waals surface area contributed by atoms with Crippen molar-refractivity contribution in [3.8, 4) is 17.0 Å². The van der Waals surface area contributed by atoms with E-state index >= 15 is 0 Å². The van der Waals surface area contributed by atoms with Crippen LogP contribution in [-0.4, -0.2) is 26.9 Å². The predicted molar refractivity (Wildman–Crippen MR) is 95.5 cm³/mol. The van der Waals surface area contributed by atoms with E-state index in [0.29, 0.717) is 40.8 Å². The number of pyridine rings is 1. The largest absolute Gasteiger partial charge is 0.434 e. The first-order chi connectivity index (χ1) is 11.7. The van der Waals surface area contributed by atoms with Crippen LogP contribution in [0.3, 0.4) is 0 Å². The molecule has 0 spiro atoms. The van der Waals surface area contributed by atoms with Crippen molar-refractivity contribution in [2.45, 2.75) is 59.7 Å². The Balaban J connectivity index is 2.59. The summed E-state index contributed by atoms with van der Waals surface area (Å²) in [6, 6.07) is 1.46. The van der Waals surface area contributed by atoms with Gasteiger partial charge in [-0.1, -0.05) is 18.5 Å². The number of hydrogen-bond acceptors (Lipinski definition) is 4. The van der Waals surface area contributed by atoms with Gasteiger partial charge in [0.1, 0.15) is 11.6 Å². The fraction of sp³-hybridized carbons (Fsp3) is 0.529. The first kappa shape index (κ1) is 19.4. The van der Waals surface area contributed by atoms with E-state index in [2.05, 4.69) is 15.4 Å². The molecular weight excluding hydrogens is 350 g/mol. The Kier molecular flexibility index (Phi) is 5.87. The number of halogens is 3. The third kappa shape index (κ3) is 4.60. The molecule has 0 bridgehead atoms. The molecular formula is C17H23ClF2N4O. The number of nitrogens with zero attached hydrogens (tertiary/aromatic N) is 3. The highest BCUT2D eigenvalue weighted by atomic mass is 35.5. The van der Waals surface area contributed by atoms with Gasteiger partial charge in [0.25, 0.3) is 0 Å². The minimum absolute atomic E-state index is 0.0101. The second-order valence-electron chi connectivity index (χ2n) is 6.60. The maximum absolute atomic E-state index is 12.9. The van der Waals surface area contributed by atoms with Crippen LogP contribution in [0, 0.1) is 0 Å². The van der Waals surface area contributed by atoms with E-state index in [9.17, 15) is 8.78 Å². The Bertz CT molecular complexity index is 741. The summed E-state index contributed by atoms with van der Waals surface area (Å²) in [5.74, 6) is 0.456. The molecule has 0 saturated heterocycles. The zero-order chi connectivity index (χ0) is 18.8. The van der Waals surface area contributed by atoms with Crippen LogP contribution in [-0.2, 0) is 13.0 Å². The van der Waals surface area contributed by atoms with Crippen molar-refractivity contribution in [1.29, 1.82) is 0 Å². The van der Waals surface area contributed by atoms with E-state index in [1.807, 2.05) is 34.6 Å². The van der Waals surface area contributed by atoms with Gasteiger partial charge in [-0.05, 0) is 34.1 Å². The highest BCUT2D eigenvalue weighted by Crippen LogP contribution is 2.38. The molecule has 0 aliphatic heterocycles. The second kappa shape index (κ2) is 7.56. The topological polar surface area (TPSA) is 52.0 Å². The van der Waals surface area contributed by atoms with Crippen molar-refractivity contribution in [1.82, 2.24) is 14.8 Å². The molecule has 0 aromatic carbocycles. The van der Waals surface area contributed by atoms with Crippen LogP contribution in [0.4, 0.5) is 14.6 Å². The van der Waals surface area contributed by atoms with Gasteiger partial charge >= 0.3 is 6.61 Å². The minimum atomic E-state index is -2.95. The molecule has 0 unspecified atom stereocenters. The fourth-order valence-corrected chi connectivity index (χ4v) is 2.83. The summed E-state index contributed by atoms with van der Waals surface area (Å²) < 4.78 is 32.3. The lowest BCUT2D eigenvalue weighted by Gasteiger charge is -2.22. The molecule has 2 aromatic rings. The maximum atomic E-state index is 12.9. The molecule has 25 heavy (non-hydrogen) atoms. The van der Waals surface area contributed by atoms with Gasteiger partial charge in [-0.15, -0.1) is 0 Å². The number of anilines is 1. The van der Waals surface area contributed by atoms with Crippen molar-refractivity contribution in [3.05, 3.63) is 23.0 Å². The molecule has 8 heteroatoms. The number of alkyl halides is 2. The van der Waals surface area contributed by atoms with Crippen LogP contribution < -0.4 is 10.1 Å². The van der Waals surface area contributed by atoms with E-state index in [1.54, 1.807) is 4.68 Å². The molecule has 0 radical (unpaired) electrons. The van der Waals surface area contributed by atoms with E-state index in [4.69, 9.17) is 16.3 Å². The molecule has 0 saturated carbocycles. The molecule has 0 aliphatic rings. The lowest BCUT2D eigenvalue weighted by atomic mass is 10.1. The Morgan fingerprint density at radius 3 is 2.52 bits per heavy atom. The summed E-state index contributed by atoms with van der Waals surface area (Å²) in [5.41, 5.74) is 1.36. The van der Waals surface area contributed by atoms with Crippen LogP contribution in [0.1, 0.15) is 40.3 Å². The second-order valence-corrected chi connectivity index (χ2v) is 6.98. The normalized spacial score (nSPS) is 11.9. The van der Waals surface area contributed by atoms with Crippen LogP contribution in [0.25, 0.3) is 11.3 Å². The van der Waals surface area contributed by atoms with Crippen molar-refractivity contribution < 1.29 is 13.5 Å². The highest BCUT2D eigenvalue weighted by Gasteiger charge is 2.22. The molecule has 0 fully saturated rings. The lowest BCUT2D eigenvalue weighted by Crippen LogP contribution is -2.26. The van der Waals surface area contributed by atoms with Crippen LogP contribution in [0.2, 0.25) is 5.02 Å². The van der Waals surface area contributed by atoms with Gasteiger partial charge in [-0.2, -0.15) is 13.9 Å². The van der Waals surface area contributed by atoms with Gasteiger partial charge in [-0.25, -0.2) is 4.98 Å². The van der Waals surface area contributed by atoms with Crippen molar-refractivity contribution in [3.63, 3.8) is 0 Å². The summed E-state index contributed by atoms with van der Waals surface area (Å²) in [5, 5.41) is 8.00.